The van der Waals surface area contributed by atoms with E-state index in [2.05, 4.69) is 53.6 Å². The first kappa shape index (κ1) is 14.1. The molecule has 0 saturated carbocycles. The van der Waals surface area contributed by atoms with Gasteiger partial charge >= 0.3 is 0 Å². The smallest absolute Gasteiger partial charge is 0.0708 e. The minimum Gasteiger partial charge on any atom is -0.313 e. The molecule has 21 heavy (non-hydrogen) atoms. The fourth-order valence-corrected chi connectivity index (χ4v) is 2.62. The van der Waals surface area contributed by atoms with Crippen molar-refractivity contribution in [3.63, 3.8) is 0 Å². The lowest BCUT2D eigenvalue weighted by Gasteiger charge is -2.08. The molecule has 1 heterocycles. The molecule has 3 rings (SSSR count). The van der Waals surface area contributed by atoms with Crippen molar-refractivity contribution in [3.05, 3.63) is 65.3 Å². The molecule has 0 unspecified atom stereocenters. The van der Waals surface area contributed by atoms with Gasteiger partial charge in [-0.1, -0.05) is 48.9 Å². The second-order valence-electron chi connectivity index (χ2n) is 5.00. The highest BCUT2D eigenvalue weighted by atomic mass is 35.5. The van der Waals surface area contributed by atoms with Gasteiger partial charge in [0, 0.05) is 23.2 Å². The van der Waals surface area contributed by atoms with Crippen LogP contribution in [0.15, 0.2) is 54.7 Å². The largest absolute Gasteiger partial charge is 0.313 e. The van der Waals surface area contributed by atoms with Crippen LogP contribution < -0.4 is 5.32 Å². The lowest BCUT2D eigenvalue weighted by molar-refractivity contribution is 0.727. The molecule has 3 aromatic rings. The maximum absolute atomic E-state index is 6.38. The predicted octanol–water partition coefficient (Wildman–Crippen LogP) is 4.66. The van der Waals surface area contributed by atoms with Crippen molar-refractivity contribution < 1.29 is 0 Å². The summed E-state index contributed by atoms with van der Waals surface area (Å²) in [5.74, 6) is 0. The summed E-state index contributed by atoms with van der Waals surface area (Å²) in [5, 5.41) is 5.24. The molecule has 0 saturated heterocycles. The Hall–Kier alpha value is -1.90. The van der Waals surface area contributed by atoms with E-state index in [4.69, 9.17) is 11.6 Å². The lowest BCUT2D eigenvalue weighted by Crippen LogP contribution is -2.11. The van der Waals surface area contributed by atoms with Gasteiger partial charge in [0.25, 0.3) is 0 Å². The number of rotatable bonds is 4. The van der Waals surface area contributed by atoms with E-state index in [1.807, 2.05) is 18.3 Å². The minimum atomic E-state index is 0.800. The summed E-state index contributed by atoms with van der Waals surface area (Å²) in [5.41, 5.74) is 4.38. The number of benzene rings is 2. The molecular weight excluding hydrogens is 280 g/mol. The fraction of sp³-hybridized carbons (Fsp3) is 0.167. The van der Waals surface area contributed by atoms with Crippen molar-refractivity contribution in [2.45, 2.75) is 13.5 Å². The number of fused-ring (bicyclic) bond motifs is 1. The van der Waals surface area contributed by atoms with E-state index in [-0.39, 0.29) is 0 Å². The van der Waals surface area contributed by atoms with Crippen LogP contribution in [0.4, 0.5) is 0 Å². The van der Waals surface area contributed by atoms with Gasteiger partial charge in [-0.15, -0.1) is 0 Å². The molecule has 0 amide bonds. The topological polar surface area (TPSA) is 24.9 Å². The molecule has 0 aliphatic heterocycles. The third-order valence-electron chi connectivity index (χ3n) is 3.56. The Kier molecular flexibility index (Phi) is 4.18. The van der Waals surface area contributed by atoms with Crippen LogP contribution in [-0.4, -0.2) is 11.5 Å². The van der Waals surface area contributed by atoms with E-state index in [1.54, 1.807) is 0 Å². The number of hydrogen-bond donors (Lipinski definition) is 1. The average Bonchev–Trinajstić information content (AvgIpc) is 2.53. The molecule has 0 aliphatic rings. The van der Waals surface area contributed by atoms with Crippen molar-refractivity contribution >= 4 is 22.5 Å². The van der Waals surface area contributed by atoms with E-state index in [9.17, 15) is 0 Å². The van der Waals surface area contributed by atoms with Gasteiger partial charge in [0.15, 0.2) is 0 Å². The number of nitrogens with zero attached hydrogens (tertiary/aromatic N) is 1. The van der Waals surface area contributed by atoms with Crippen molar-refractivity contribution in [1.82, 2.24) is 10.3 Å². The standard InChI is InChI=1S/C18H17ClN2/c1-2-20-12-16-8-7-14(10-17(16)19)15-6-5-13-4-3-9-21-18(13)11-15/h3-11,20H,2,12H2,1H3. The molecule has 0 spiro atoms. The van der Waals surface area contributed by atoms with Gasteiger partial charge in [0.05, 0.1) is 5.52 Å². The van der Waals surface area contributed by atoms with Gasteiger partial charge in [-0.05, 0) is 41.4 Å². The van der Waals surface area contributed by atoms with Crippen LogP contribution in [0.25, 0.3) is 22.0 Å². The monoisotopic (exact) mass is 296 g/mol. The summed E-state index contributed by atoms with van der Waals surface area (Å²) in [4.78, 5) is 4.40. The molecule has 2 nitrogen and oxygen atoms in total. The van der Waals surface area contributed by atoms with Crippen molar-refractivity contribution in [2.75, 3.05) is 6.54 Å². The molecule has 0 radical (unpaired) electrons. The summed E-state index contributed by atoms with van der Waals surface area (Å²) in [6.45, 7) is 3.83. The molecular formula is C18H17ClN2. The van der Waals surface area contributed by atoms with Crippen LogP contribution in [0.3, 0.4) is 0 Å². The Morgan fingerprint density at radius 3 is 2.67 bits per heavy atom. The molecule has 0 bridgehead atoms. The quantitative estimate of drug-likeness (QED) is 0.757. The fourth-order valence-electron chi connectivity index (χ4n) is 2.38. The van der Waals surface area contributed by atoms with E-state index in [1.165, 1.54) is 0 Å². The highest BCUT2D eigenvalue weighted by Crippen LogP contribution is 2.27. The molecule has 0 atom stereocenters. The van der Waals surface area contributed by atoms with E-state index in [0.29, 0.717) is 0 Å². The first-order valence-corrected chi connectivity index (χ1v) is 7.50. The first-order chi connectivity index (χ1) is 10.3. The molecule has 2 aromatic carbocycles. The number of pyridine rings is 1. The van der Waals surface area contributed by atoms with Crippen molar-refractivity contribution in [2.24, 2.45) is 0 Å². The van der Waals surface area contributed by atoms with Crippen LogP contribution in [-0.2, 0) is 6.54 Å². The van der Waals surface area contributed by atoms with Crippen molar-refractivity contribution in [1.29, 1.82) is 0 Å². The zero-order chi connectivity index (χ0) is 14.7. The molecule has 1 aromatic heterocycles. The second kappa shape index (κ2) is 6.25. The Bertz CT molecular complexity index is 768. The van der Waals surface area contributed by atoms with E-state index >= 15 is 0 Å². The molecule has 0 fully saturated rings. The van der Waals surface area contributed by atoms with Gasteiger partial charge in [-0.3, -0.25) is 4.98 Å². The molecule has 106 valence electrons. The SMILES string of the molecule is CCNCc1ccc(-c2ccc3cccnc3c2)cc1Cl. The van der Waals surface area contributed by atoms with Crippen LogP contribution in [0.5, 0.6) is 0 Å². The summed E-state index contributed by atoms with van der Waals surface area (Å²) in [7, 11) is 0. The van der Waals surface area contributed by atoms with Crippen LogP contribution in [0.2, 0.25) is 5.02 Å². The highest BCUT2D eigenvalue weighted by molar-refractivity contribution is 6.31. The predicted molar refractivity (Wildman–Crippen MR) is 89.6 cm³/mol. The molecule has 1 N–H and O–H groups in total. The summed E-state index contributed by atoms with van der Waals surface area (Å²) in [6, 6.07) is 16.6. The number of halogens is 1. The Morgan fingerprint density at radius 2 is 1.86 bits per heavy atom. The van der Waals surface area contributed by atoms with Gasteiger partial charge in [0.1, 0.15) is 0 Å². The number of nitrogens with one attached hydrogen (secondary N) is 1. The van der Waals surface area contributed by atoms with Gasteiger partial charge in [-0.2, -0.15) is 0 Å². The van der Waals surface area contributed by atoms with E-state index in [0.717, 1.165) is 45.7 Å². The lowest BCUT2D eigenvalue weighted by atomic mass is 10.0. The van der Waals surface area contributed by atoms with Crippen LogP contribution in [0.1, 0.15) is 12.5 Å². The minimum absolute atomic E-state index is 0.800. The summed E-state index contributed by atoms with van der Waals surface area (Å²) in [6.07, 6.45) is 1.82. The zero-order valence-corrected chi connectivity index (χ0v) is 12.7. The Labute approximate surface area is 129 Å². The third-order valence-corrected chi connectivity index (χ3v) is 3.91. The maximum Gasteiger partial charge on any atom is 0.0708 e. The Morgan fingerprint density at radius 1 is 1.05 bits per heavy atom. The number of hydrogen-bond acceptors (Lipinski definition) is 2. The molecule has 3 heteroatoms. The van der Waals surface area contributed by atoms with Gasteiger partial charge in [0.2, 0.25) is 0 Å². The van der Waals surface area contributed by atoms with Gasteiger partial charge < -0.3 is 5.32 Å². The summed E-state index contributed by atoms with van der Waals surface area (Å²) >= 11 is 6.38. The van der Waals surface area contributed by atoms with Crippen LogP contribution >= 0.6 is 11.6 Å². The van der Waals surface area contributed by atoms with E-state index < -0.39 is 0 Å². The average molecular weight is 297 g/mol. The molecule has 0 aliphatic carbocycles. The van der Waals surface area contributed by atoms with Crippen LogP contribution in [0, 0.1) is 0 Å². The second-order valence-corrected chi connectivity index (χ2v) is 5.40. The maximum atomic E-state index is 6.38. The first-order valence-electron chi connectivity index (χ1n) is 7.12. The highest BCUT2D eigenvalue weighted by Gasteiger charge is 2.05. The Balaban J connectivity index is 1.96. The van der Waals surface area contributed by atoms with Gasteiger partial charge in [-0.25, -0.2) is 0 Å². The summed E-state index contributed by atoms with van der Waals surface area (Å²) < 4.78 is 0. The number of aromatic nitrogens is 1. The third kappa shape index (κ3) is 3.07. The zero-order valence-electron chi connectivity index (χ0n) is 11.9. The van der Waals surface area contributed by atoms with Crippen molar-refractivity contribution in [3.8, 4) is 11.1 Å². The normalized spacial score (nSPS) is 11.0.